The lowest BCUT2D eigenvalue weighted by Gasteiger charge is -2.30. The Morgan fingerprint density at radius 1 is 1.24 bits per heavy atom. The topological polar surface area (TPSA) is 49.7 Å². The molecule has 1 atom stereocenters. The molecule has 1 aromatic carbocycles. The molecule has 0 amide bonds. The molecule has 1 aliphatic heterocycles. The maximum absolute atomic E-state index is 9.93. The minimum atomic E-state index is 0.163. The second-order valence-corrected chi connectivity index (χ2v) is 4.63. The number of rotatable bonds is 4. The molecule has 0 aromatic heterocycles. The molecule has 1 aliphatic rings. The van der Waals surface area contributed by atoms with Crippen LogP contribution in [0.2, 0.25) is 0 Å². The van der Waals surface area contributed by atoms with Crippen LogP contribution in [-0.2, 0) is 4.74 Å². The van der Waals surface area contributed by atoms with Crippen LogP contribution in [0.25, 0.3) is 0 Å². The molecule has 1 fully saturated rings. The van der Waals surface area contributed by atoms with Gasteiger partial charge in [0.1, 0.15) is 5.75 Å². The summed E-state index contributed by atoms with van der Waals surface area (Å²) in [7, 11) is 0. The molecule has 0 aliphatic carbocycles. The van der Waals surface area contributed by atoms with Crippen LogP contribution in [0.3, 0.4) is 0 Å². The molecule has 1 aromatic rings. The highest BCUT2D eigenvalue weighted by molar-refractivity contribution is 5.35. The van der Waals surface area contributed by atoms with Crippen LogP contribution in [0.5, 0.6) is 5.75 Å². The number of benzene rings is 1. The zero-order valence-electron chi connectivity index (χ0n) is 10.0. The van der Waals surface area contributed by atoms with Crippen LogP contribution in [-0.4, -0.2) is 30.0 Å². The maximum atomic E-state index is 9.93. The minimum absolute atomic E-state index is 0.163. The van der Waals surface area contributed by atoms with Crippen molar-refractivity contribution in [1.82, 2.24) is 0 Å². The van der Waals surface area contributed by atoms with E-state index in [4.69, 9.17) is 4.74 Å². The van der Waals surface area contributed by atoms with Crippen LogP contribution in [0, 0.1) is 5.92 Å². The predicted molar refractivity (Wildman–Crippen MR) is 66.1 cm³/mol. The largest absolute Gasteiger partial charge is 0.508 e. The van der Waals surface area contributed by atoms with E-state index in [-0.39, 0.29) is 12.5 Å². The highest BCUT2D eigenvalue weighted by Gasteiger charge is 2.26. The average molecular weight is 236 g/mol. The van der Waals surface area contributed by atoms with E-state index in [1.807, 2.05) is 18.2 Å². The third kappa shape index (κ3) is 2.99. The van der Waals surface area contributed by atoms with Gasteiger partial charge in [0.15, 0.2) is 0 Å². The molecule has 2 N–H and O–H groups in total. The number of hydrogen-bond donors (Lipinski definition) is 2. The van der Waals surface area contributed by atoms with Crippen molar-refractivity contribution in [3.8, 4) is 5.75 Å². The van der Waals surface area contributed by atoms with E-state index in [1.54, 1.807) is 6.07 Å². The Hall–Kier alpha value is -1.06. The third-order valence-electron chi connectivity index (χ3n) is 3.61. The fourth-order valence-electron chi connectivity index (χ4n) is 2.70. The summed E-state index contributed by atoms with van der Waals surface area (Å²) >= 11 is 0. The van der Waals surface area contributed by atoms with E-state index >= 15 is 0 Å². The van der Waals surface area contributed by atoms with E-state index in [9.17, 15) is 10.2 Å². The summed E-state index contributed by atoms with van der Waals surface area (Å²) in [5, 5.41) is 19.1. The zero-order chi connectivity index (χ0) is 12.1. The Balaban J connectivity index is 2.18. The Morgan fingerprint density at radius 2 is 1.94 bits per heavy atom. The quantitative estimate of drug-likeness (QED) is 0.843. The molecular weight excluding hydrogens is 216 g/mol. The molecule has 2 rings (SSSR count). The zero-order valence-corrected chi connectivity index (χ0v) is 10.0. The first-order valence-corrected chi connectivity index (χ1v) is 6.29. The Bertz CT molecular complexity index is 345. The number of phenols is 1. The van der Waals surface area contributed by atoms with E-state index < -0.39 is 0 Å². The SMILES string of the molecule is OCCC(c1ccccc1O)C1CCOCC1. The fraction of sp³-hybridized carbons (Fsp3) is 0.571. The van der Waals surface area contributed by atoms with Gasteiger partial charge < -0.3 is 14.9 Å². The third-order valence-corrected chi connectivity index (χ3v) is 3.61. The molecule has 1 unspecified atom stereocenters. The van der Waals surface area contributed by atoms with Gasteiger partial charge in [-0.2, -0.15) is 0 Å². The second-order valence-electron chi connectivity index (χ2n) is 4.63. The molecule has 0 bridgehead atoms. The molecule has 17 heavy (non-hydrogen) atoms. The van der Waals surface area contributed by atoms with Gasteiger partial charge in [-0.05, 0) is 42.7 Å². The number of aromatic hydroxyl groups is 1. The number of aliphatic hydroxyl groups is 1. The summed E-state index contributed by atoms with van der Waals surface area (Å²) in [5.41, 5.74) is 0.966. The molecular formula is C14H20O3. The van der Waals surface area contributed by atoms with Gasteiger partial charge in [-0.25, -0.2) is 0 Å². The second kappa shape index (κ2) is 6.03. The molecule has 0 spiro atoms. The van der Waals surface area contributed by atoms with E-state index in [2.05, 4.69) is 0 Å². The van der Waals surface area contributed by atoms with Crippen LogP contribution in [0.1, 0.15) is 30.7 Å². The summed E-state index contributed by atoms with van der Waals surface area (Å²) in [5.74, 6) is 1.09. The van der Waals surface area contributed by atoms with Crippen LogP contribution >= 0.6 is 0 Å². The lowest BCUT2D eigenvalue weighted by molar-refractivity contribution is 0.0541. The molecule has 94 valence electrons. The lowest BCUT2D eigenvalue weighted by Crippen LogP contribution is -2.23. The first-order valence-electron chi connectivity index (χ1n) is 6.29. The lowest BCUT2D eigenvalue weighted by atomic mass is 9.79. The molecule has 1 heterocycles. The monoisotopic (exact) mass is 236 g/mol. The highest BCUT2D eigenvalue weighted by atomic mass is 16.5. The average Bonchev–Trinajstić information content (AvgIpc) is 2.38. The Morgan fingerprint density at radius 3 is 2.59 bits per heavy atom. The Labute approximate surface area is 102 Å². The summed E-state index contributed by atoms with van der Waals surface area (Å²) in [4.78, 5) is 0. The first-order chi connectivity index (χ1) is 8.33. The first kappa shape index (κ1) is 12.4. The molecule has 3 nitrogen and oxygen atoms in total. The van der Waals surface area contributed by atoms with Gasteiger partial charge in [-0.3, -0.25) is 0 Å². The van der Waals surface area contributed by atoms with Crippen molar-refractivity contribution in [3.05, 3.63) is 29.8 Å². The number of ether oxygens (including phenoxy) is 1. The van der Waals surface area contributed by atoms with Gasteiger partial charge >= 0.3 is 0 Å². The van der Waals surface area contributed by atoms with Gasteiger partial charge in [-0.15, -0.1) is 0 Å². The number of para-hydroxylation sites is 1. The van der Waals surface area contributed by atoms with Gasteiger partial charge in [0.05, 0.1) is 0 Å². The van der Waals surface area contributed by atoms with Crippen LogP contribution in [0.4, 0.5) is 0 Å². The fourth-order valence-corrected chi connectivity index (χ4v) is 2.70. The van der Waals surface area contributed by atoms with E-state index in [0.29, 0.717) is 18.1 Å². The molecule has 3 heteroatoms. The van der Waals surface area contributed by atoms with Crippen molar-refractivity contribution in [2.24, 2.45) is 5.92 Å². The van der Waals surface area contributed by atoms with Crippen molar-refractivity contribution in [2.75, 3.05) is 19.8 Å². The summed E-state index contributed by atoms with van der Waals surface area (Å²) in [6.45, 7) is 1.75. The van der Waals surface area contributed by atoms with Gasteiger partial charge in [-0.1, -0.05) is 18.2 Å². The number of phenolic OH excluding ortho intramolecular Hbond substituents is 1. The smallest absolute Gasteiger partial charge is 0.119 e. The molecule has 0 saturated carbocycles. The van der Waals surface area contributed by atoms with Gasteiger partial charge in [0.25, 0.3) is 0 Å². The maximum Gasteiger partial charge on any atom is 0.119 e. The Kier molecular flexibility index (Phi) is 4.40. The number of hydrogen-bond acceptors (Lipinski definition) is 3. The summed E-state index contributed by atoms with van der Waals surface area (Å²) in [6.07, 6.45) is 2.74. The minimum Gasteiger partial charge on any atom is -0.508 e. The van der Waals surface area contributed by atoms with Crippen molar-refractivity contribution in [1.29, 1.82) is 0 Å². The van der Waals surface area contributed by atoms with Crippen LogP contribution in [0.15, 0.2) is 24.3 Å². The molecule has 0 radical (unpaired) electrons. The van der Waals surface area contributed by atoms with Crippen molar-refractivity contribution in [3.63, 3.8) is 0 Å². The van der Waals surface area contributed by atoms with E-state index in [0.717, 1.165) is 31.6 Å². The highest BCUT2D eigenvalue weighted by Crippen LogP contribution is 2.38. The summed E-state index contributed by atoms with van der Waals surface area (Å²) < 4.78 is 5.37. The van der Waals surface area contributed by atoms with Gasteiger partial charge in [0, 0.05) is 19.8 Å². The summed E-state index contributed by atoms with van der Waals surface area (Å²) in [6, 6.07) is 7.46. The van der Waals surface area contributed by atoms with Crippen molar-refractivity contribution >= 4 is 0 Å². The normalized spacial score (nSPS) is 19.1. The number of aliphatic hydroxyl groups excluding tert-OH is 1. The predicted octanol–water partition coefficient (Wildman–Crippen LogP) is 2.28. The van der Waals surface area contributed by atoms with Crippen LogP contribution < -0.4 is 0 Å². The van der Waals surface area contributed by atoms with Gasteiger partial charge in [0.2, 0.25) is 0 Å². The standard InChI is InChI=1S/C14H20O3/c15-8-5-12(11-6-9-17-10-7-11)13-3-1-2-4-14(13)16/h1-4,11-12,15-16H,5-10H2. The van der Waals surface area contributed by atoms with Crippen molar-refractivity contribution in [2.45, 2.75) is 25.2 Å². The van der Waals surface area contributed by atoms with Crippen molar-refractivity contribution < 1.29 is 14.9 Å². The molecule has 1 saturated heterocycles. The van der Waals surface area contributed by atoms with E-state index in [1.165, 1.54) is 0 Å².